The highest BCUT2D eigenvalue weighted by molar-refractivity contribution is 6.04. The summed E-state index contributed by atoms with van der Waals surface area (Å²) in [7, 11) is 1.51. The summed E-state index contributed by atoms with van der Waals surface area (Å²) in [6.45, 7) is 1.85. The van der Waals surface area contributed by atoms with Crippen LogP contribution < -0.4 is 5.56 Å². The van der Waals surface area contributed by atoms with Gasteiger partial charge in [-0.05, 0) is 24.6 Å². The normalized spacial score (nSPS) is 10.8. The average molecular weight is 289 g/mol. The second kappa shape index (κ2) is 5.40. The fraction of sp³-hybridized carbons (Fsp3) is 0.267. The lowest BCUT2D eigenvalue weighted by atomic mass is 10.0. The van der Waals surface area contributed by atoms with Crippen molar-refractivity contribution in [2.45, 2.75) is 19.8 Å². The lowest BCUT2D eigenvalue weighted by Gasteiger charge is -2.11. The Kier molecular flexibility index (Phi) is 3.80. The molecule has 1 aromatic carbocycles. The van der Waals surface area contributed by atoms with Gasteiger partial charge in [0.15, 0.2) is 5.78 Å². The molecule has 0 unspecified atom stereocenters. The summed E-state index contributed by atoms with van der Waals surface area (Å²) < 4.78 is 1.29. The molecule has 21 heavy (non-hydrogen) atoms. The molecule has 1 aromatic heterocycles. The molecule has 2 aromatic rings. The van der Waals surface area contributed by atoms with Crippen LogP contribution in [-0.2, 0) is 11.8 Å². The minimum absolute atomic E-state index is 0.324. The van der Waals surface area contributed by atoms with Gasteiger partial charge < -0.3 is 14.8 Å². The summed E-state index contributed by atoms with van der Waals surface area (Å²) in [6, 6.07) is 5.13. The van der Waals surface area contributed by atoms with E-state index in [1.54, 1.807) is 18.2 Å². The van der Waals surface area contributed by atoms with Crippen molar-refractivity contribution in [1.82, 2.24) is 4.57 Å². The molecule has 2 rings (SSSR count). The molecule has 1 heterocycles. The smallest absolute Gasteiger partial charge is 0.303 e. The number of carboxylic acids is 1. The topological polar surface area (TPSA) is 96.6 Å². The van der Waals surface area contributed by atoms with Crippen molar-refractivity contribution in [3.8, 4) is 5.75 Å². The van der Waals surface area contributed by atoms with E-state index >= 15 is 0 Å². The number of ketones is 1. The summed E-state index contributed by atoms with van der Waals surface area (Å²) >= 11 is 0. The van der Waals surface area contributed by atoms with Gasteiger partial charge in [-0.1, -0.05) is 6.07 Å². The fourth-order valence-corrected chi connectivity index (χ4v) is 2.23. The van der Waals surface area contributed by atoms with E-state index in [4.69, 9.17) is 5.11 Å². The third kappa shape index (κ3) is 2.65. The number of aryl methyl sites for hydroxylation is 2. The predicted octanol–water partition coefficient (Wildman–Crippen LogP) is 1.60. The number of Topliss-reactive ketones (excluding diaryl/α,β-unsaturated/α-hetero) is 1. The van der Waals surface area contributed by atoms with E-state index in [0.29, 0.717) is 10.9 Å². The Morgan fingerprint density at radius 3 is 2.52 bits per heavy atom. The van der Waals surface area contributed by atoms with E-state index in [1.165, 1.54) is 11.6 Å². The standard InChI is InChI=1S/C15H15NO5/c1-8-3-4-9-10(7-8)16(2)15(21)13(14(9)20)11(17)5-6-12(18)19/h3-4,7,20H,5-6H2,1-2H3,(H,18,19). The Bertz CT molecular complexity index is 804. The van der Waals surface area contributed by atoms with Crippen LogP contribution in [0.25, 0.3) is 10.9 Å². The molecule has 0 saturated carbocycles. The maximum atomic E-state index is 12.2. The molecular weight excluding hydrogens is 274 g/mol. The van der Waals surface area contributed by atoms with Gasteiger partial charge in [0.1, 0.15) is 11.3 Å². The number of fused-ring (bicyclic) bond motifs is 1. The van der Waals surface area contributed by atoms with E-state index in [9.17, 15) is 19.5 Å². The molecule has 110 valence electrons. The Morgan fingerprint density at radius 2 is 1.90 bits per heavy atom. The Balaban J connectivity index is 2.65. The highest BCUT2D eigenvalue weighted by Gasteiger charge is 2.21. The number of aromatic nitrogens is 1. The highest BCUT2D eigenvalue weighted by atomic mass is 16.4. The number of rotatable bonds is 4. The summed E-state index contributed by atoms with van der Waals surface area (Å²) in [5.74, 6) is -2.18. The van der Waals surface area contributed by atoms with Crippen LogP contribution >= 0.6 is 0 Å². The SMILES string of the molecule is Cc1ccc2c(O)c(C(=O)CCC(=O)O)c(=O)n(C)c2c1. The Morgan fingerprint density at radius 1 is 1.24 bits per heavy atom. The molecule has 0 atom stereocenters. The minimum Gasteiger partial charge on any atom is -0.506 e. The second-order valence-electron chi connectivity index (χ2n) is 4.93. The largest absolute Gasteiger partial charge is 0.506 e. The molecule has 0 fully saturated rings. The van der Waals surface area contributed by atoms with Crippen molar-refractivity contribution >= 4 is 22.7 Å². The first-order chi connectivity index (χ1) is 9.82. The van der Waals surface area contributed by atoms with E-state index < -0.39 is 17.3 Å². The number of carboxylic acid groups (broad SMARTS) is 1. The van der Waals surface area contributed by atoms with Crippen LogP contribution in [0.15, 0.2) is 23.0 Å². The molecule has 0 radical (unpaired) electrons. The third-order valence-electron chi connectivity index (χ3n) is 3.37. The zero-order valence-corrected chi connectivity index (χ0v) is 11.7. The molecule has 0 spiro atoms. The van der Waals surface area contributed by atoms with Crippen LogP contribution in [0.3, 0.4) is 0 Å². The summed E-state index contributed by atoms with van der Waals surface area (Å²) in [4.78, 5) is 34.8. The molecule has 0 bridgehead atoms. The molecule has 0 aliphatic heterocycles. The number of carbonyl (C=O) groups is 2. The van der Waals surface area contributed by atoms with Crippen molar-refractivity contribution in [1.29, 1.82) is 0 Å². The van der Waals surface area contributed by atoms with Gasteiger partial charge in [-0.2, -0.15) is 0 Å². The zero-order chi connectivity index (χ0) is 15.7. The quantitative estimate of drug-likeness (QED) is 0.833. The minimum atomic E-state index is -1.13. The molecule has 6 heteroatoms. The van der Waals surface area contributed by atoms with Crippen LogP contribution in [0.5, 0.6) is 5.75 Å². The van der Waals surface area contributed by atoms with Gasteiger partial charge in [0.05, 0.1) is 11.9 Å². The van der Waals surface area contributed by atoms with Crippen molar-refractivity contribution < 1.29 is 19.8 Å². The third-order valence-corrected chi connectivity index (χ3v) is 3.37. The van der Waals surface area contributed by atoms with E-state index in [1.807, 2.05) is 6.92 Å². The van der Waals surface area contributed by atoms with Crippen LogP contribution in [0.1, 0.15) is 28.8 Å². The first-order valence-corrected chi connectivity index (χ1v) is 6.40. The Labute approximate surface area is 120 Å². The first-order valence-electron chi connectivity index (χ1n) is 6.40. The number of carbonyl (C=O) groups excluding carboxylic acids is 1. The maximum absolute atomic E-state index is 12.2. The summed E-state index contributed by atoms with van der Waals surface area (Å²) in [5, 5.41) is 19.2. The van der Waals surface area contributed by atoms with Crippen LogP contribution in [-0.4, -0.2) is 26.5 Å². The van der Waals surface area contributed by atoms with Gasteiger partial charge in [-0.25, -0.2) is 0 Å². The number of pyridine rings is 1. The zero-order valence-electron chi connectivity index (χ0n) is 11.7. The van der Waals surface area contributed by atoms with Crippen molar-refractivity contribution in [3.63, 3.8) is 0 Å². The average Bonchev–Trinajstić information content (AvgIpc) is 2.42. The van der Waals surface area contributed by atoms with Crippen LogP contribution in [0, 0.1) is 6.92 Å². The van der Waals surface area contributed by atoms with E-state index in [0.717, 1.165) is 5.56 Å². The highest BCUT2D eigenvalue weighted by Crippen LogP contribution is 2.27. The molecule has 0 saturated heterocycles. The van der Waals surface area contributed by atoms with Gasteiger partial charge in [0.25, 0.3) is 5.56 Å². The lowest BCUT2D eigenvalue weighted by Crippen LogP contribution is -2.25. The van der Waals surface area contributed by atoms with Gasteiger partial charge in [-0.15, -0.1) is 0 Å². The predicted molar refractivity (Wildman–Crippen MR) is 76.8 cm³/mol. The second-order valence-corrected chi connectivity index (χ2v) is 4.93. The molecule has 0 amide bonds. The van der Waals surface area contributed by atoms with Gasteiger partial charge >= 0.3 is 5.97 Å². The lowest BCUT2D eigenvalue weighted by molar-refractivity contribution is -0.136. The number of benzene rings is 1. The summed E-state index contributed by atoms with van der Waals surface area (Å²) in [6.07, 6.45) is -0.705. The summed E-state index contributed by atoms with van der Waals surface area (Å²) in [5.41, 5.74) is 0.463. The van der Waals surface area contributed by atoms with Gasteiger partial charge in [0, 0.05) is 18.9 Å². The van der Waals surface area contributed by atoms with Crippen LogP contribution in [0.2, 0.25) is 0 Å². The molecule has 6 nitrogen and oxygen atoms in total. The first kappa shape index (κ1) is 14.8. The Hall–Kier alpha value is -2.63. The number of hydrogen-bond acceptors (Lipinski definition) is 4. The molecule has 2 N–H and O–H groups in total. The van der Waals surface area contributed by atoms with Crippen molar-refractivity contribution in [3.05, 3.63) is 39.7 Å². The fourth-order valence-electron chi connectivity index (χ4n) is 2.23. The molecular formula is C15H15NO5. The molecule has 0 aliphatic carbocycles. The number of aliphatic carboxylic acids is 1. The van der Waals surface area contributed by atoms with Crippen LogP contribution in [0.4, 0.5) is 0 Å². The number of aromatic hydroxyl groups is 1. The maximum Gasteiger partial charge on any atom is 0.303 e. The van der Waals surface area contributed by atoms with E-state index in [2.05, 4.69) is 0 Å². The monoisotopic (exact) mass is 289 g/mol. The van der Waals surface area contributed by atoms with Gasteiger partial charge in [-0.3, -0.25) is 14.4 Å². The van der Waals surface area contributed by atoms with Crippen molar-refractivity contribution in [2.75, 3.05) is 0 Å². The van der Waals surface area contributed by atoms with Gasteiger partial charge in [0.2, 0.25) is 0 Å². The van der Waals surface area contributed by atoms with E-state index in [-0.39, 0.29) is 24.2 Å². The number of nitrogens with zero attached hydrogens (tertiary/aromatic N) is 1. The molecule has 0 aliphatic rings. The number of hydrogen-bond donors (Lipinski definition) is 2. The van der Waals surface area contributed by atoms with Crippen molar-refractivity contribution in [2.24, 2.45) is 7.05 Å².